The SMILES string of the molecule is COc1cc(NS(=O)(=O)c2ccc(F)cc2F)ccc1N1CCCC1=O. The molecule has 1 aliphatic heterocycles. The van der Waals surface area contributed by atoms with Crippen molar-refractivity contribution in [1.29, 1.82) is 0 Å². The van der Waals surface area contributed by atoms with Crippen LogP contribution in [0.5, 0.6) is 5.75 Å². The summed E-state index contributed by atoms with van der Waals surface area (Å²) in [5, 5.41) is 0. The molecule has 138 valence electrons. The third-order valence-corrected chi connectivity index (χ3v) is 5.39. The number of sulfonamides is 1. The van der Waals surface area contributed by atoms with Crippen molar-refractivity contribution in [2.45, 2.75) is 17.7 Å². The summed E-state index contributed by atoms with van der Waals surface area (Å²) in [5.41, 5.74) is 0.659. The summed E-state index contributed by atoms with van der Waals surface area (Å²) >= 11 is 0. The lowest BCUT2D eigenvalue weighted by Crippen LogP contribution is -2.24. The van der Waals surface area contributed by atoms with Crippen LogP contribution in [0.4, 0.5) is 20.2 Å². The smallest absolute Gasteiger partial charge is 0.264 e. The number of methoxy groups -OCH3 is 1. The van der Waals surface area contributed by atoms with Gasteiger partial charge in [-0.1, -0.05) is 0 Å². The van der Waals surface area contributed by atoms with Gasteiger partial charge >= 0.3 is 0 Å². The number of halogens is 2. The molecule has 0 radical (unpaired) electrons. The van der Waals surface area contributed by atoms with E-state index < -0.39 is 26.6 Å². The summed E-state index contributed by atoms with van der Waals surface area (Å²) in [7, 11) is -2.86. The van der Waals surface area contributed by atoms with E-state index in [1.165, 1.54) is 19.2 Å². The minimum Gasteiger partial charge on any atom is -0.494 e. The summed E-state index contributed by atoms with van der Waals surface area (Å²) in [6, 6.07) is 6.61. The summed E-state index contributed by atoms with van der Waals surface area (Å²) in [5.74, 6) is -1.79. The van der Waals surface area contributed by atoms with Crippen molar-refractivity contribution < 1.29 is 26.7 Å². The summed E-state index contributed by atoms with van der Waals surface area (Å²) in [4.78, 5) is 12.8. The zero-order chi connectivity index (χ0) is 18.9. The maximum absolute atomic E-state index is 13.8. The topological polar surface area (TPSA) is 75.7 Å². The average Bonchev–Trinajstić information content (AvgIpc) is 2.99. The molecule has 3 rings (SSSR count). The van der Waals surface area contributed by atoms with Crippen molar-refractivity contribution in [3.05, 3.63) is 48.0 Å². The van der Waals surface area contributed by atoms with Crippen molar-refractivity contribution in [2.75, 3.05) is 23.3 Å². The highest BCUT2D eigenvalue weighted by Gasteiger charge is 2.25. The van der Waals surface area contributed by atoms with Crippen molar-refractivity contribution >= 4 is 27.3 Å². The van der Waals surface area contributed by atoms with Crippen LogP contribution >= 0.6 is 0 Å². The summed E-state index contributed by atoms with van der Waals surface area (Å²) < 4.78 is 58.9. The van der Waals surface area contributed by atoms with Gasteiger partial charge in [-0.05, 0) is 30.7 Å². The number of hydrogen-bond acceptors (Lipinski definition) is 4. The number of rotatable bonds is 5. The molecule has 1 saturated heterocycles. The summed E-state index contributed by atoms with van der Waals surface area (Å²) in [6.07, 6.45) is 1.18. The number of anilines is 2. The fourth-order valence-electron chi connectivity index (χ4n) is 2.77. The number of nitrogens with one attached hydrogen (secondary N) is 1. The fourth-order valence-corrected chi connectivity index (χ4v) is 3.88. The molecule has 1 amide bonds. The van der Waals surface area contributed by atoms with Gasteiger partial charge in [-0.3, -0.25) is 9.52 Å². The first kappa shape index (κ1) is 18.1. The van der Waals surface area contributed by atoms with Gasteiger partial charge < -0.3 is 9.64 Å². The zero-order valence-electron chi connectivity index (χ0n) is 13.8. The van der Waals surface area contributed by atoms with Crippen LogP contribution in [0.25, 0.3) is 0 Å². The van der Waals surface area contributed by atoms with E-state index in [9.17, 15) is 22.0 Å². The molecule has 0 aromatic heterocycles. The molecular weight excluding hydrogens is 366 g/mol. The van der Waals surface area contributed by atoms with Crippen molar-refractivity contribution in [2.24, 2.45) is 0 Å². The largest absolute Gasteiger partial charge is 0.494 e. The molecule has 1 fully saturated rings. The predicted octanol–water partition coefficient (Wildman–Crippen LogP) is 2.90. The monoisotopic (exact) mass is 382 g/mol. The minimum absolute atomic E-state index is 0.0370. The molecule has 2 aromatic carbocycles. The van der Waals surface area contributed by atoms with E-state index in [2.05, 4.69) is 4.72 Å². The van der Waals surface area contributed by atoms with Crippen LogP contribution in [0, 0.1) is 11.6 Å². The van der Waals surface area contributed by atoms with Gasteiger partial charge in [0.25, 0.3) is 10.0 Å². The molecule has 0 bridgehead atoms. The number of carbonyl (C=O) groups excluding carboxylic acids is 1. The van der Waals surface area contributed by atoms with E-state index in [4.69, 9.17) is 4.74 Å². The second kappa shape index (κ2) is 6.91. The number of carbonyl (C=O) groups is 1. The normalized spacial score (nSPS) is 14.6. The second-order valence-corrected chi connectivity index (χ2v) is 7.37. The molecule has 0 aliphatic carbocycles. The Labute approximate surface area is 149 Å². The molecule has 26 heavy (non-hydrogen) atoms. The van der Waals surface area contributed by atoms with E-state index >= 15 is 0 Å². The number of ether oxygens (including phenoxy) is 1. The third kappa shape index (κ3) is 3.48. The third-order valence-electron chi connectivity index (χ3n) is 3.98. The molecular formula is C17H16F2N2O4S. The lowest BCUT2D eigenvalue weighted by Gasteiger charge is -2.20. The van der Waals surface area contributed by atoms with Gasteiger partial charge in [0.15, 0.2) is 0 Å². The quantitative estimate of drug-likeness (QED) is 0.863. The van der Waals surface area contributed by atoms with Gasteiger partial charge in [-0.25, -0.2) is 17.2 Å². The van der Waals surface area contributed by atoms with E-state index in [0.29, 0.717) is 30.5 Å². The first-order valence-electron chi connectivity index (χ1n) is 7.78. The fraction of sp³-hybridized carbons (Fsp3) is 0.235. The van der Waals surface area contributed by atoms with Crippen LogP contribution < -0.4 is 14.4 Å². The van der Waals surface area contributed by atoms with E-state index in [1.54, 1.807) is 11.0 Å². The Bertz CT molecular complexity index is 963. The molecule has 2 aromatic rings. The molecule has 0 spiro atoms. The molecule has 1 N–H and O–H groups in total. The Kier molecular flexibility index (Phi) is 4.82. The zero-order valence-corrected chi connectivity index (χ0v) is 14.6. The van der Waals surface area contributed by atoms with Gasteiger partial charge in [0.05, 0.1) is 18.5 Å². The molecule has 1 aliphatic rings. The van der Waals surface area contributed by atoms with Crippen molar-refractivity contribution in [1.82, 2.24) is 0 Å². The second-order valence-electron chi connectivity index (χ2n) is 5.72. The highest BCUT2D eigenvalue weighted by atomic mass is 32.2. The van der Waals surface area contributed by atoms with Crippen LogP contribution in [0.2, 0.25) is 0 Å². The van der Waals surface area contributed by atoms with Gasteiger partial charge in [-0.15, -0.1) is 0 Å². The molecule has 0 unspecified atom stereocenters. The van der Waals surface area contributed by atoms with Gasteiger partial charge in [0, 0.05) is 25.1 Å². The summed E-state index contributed by atoms with van der Waals surface area (Å²) in [6.45, 7) is 0.557. The van der Waals surface area contributed by atoms with Crippen LogP contribution in [0.3, 0.4) is 0 Å². The Hall–Kier alpha value is -2.68. The first-order valence-corrected chi connectivity index (χ1v) is 9.26. The number of nitrogens with zero attached hydrogens (tertiary/aromatic N) is 1. The Balaban J connectivity index is 1.91. The highest BCUT2D eigenvalue weighted by molar-refractivity contribution is 7.92. The van der Waals surface area contributed by atoms with E-state index in [0.717, 1.165) is 18.6 Å². The molecule has 1 heterocycles. The van der Waals surface area contributed by atoms with Gasteiger partial charge in [-0.2, -0.15) is 0 Å². The van der Waals surface area contributed by atoms with E-state index in [-0.39, 0.29) is 11.6 Å². The first-order chi connectivity index (χ1) is 12.3. The van der Waals surface area contributed by atoms with Crippen LogP contribution in [0.1, 0.15) is 12.8 Å². The maximum atomic E-state index is 13.8. The van der Waals surface area contributed by atoms with Crippen LogP contribution in [-0.2, 0) is 14.8 Å². The van der Waals surface area contributed by atoms with E-state index in [1.807, 2.05) is 0 Å². The molecule has 0 saturated carbocycles. The van der Waals surface area contributed by atoms with Crippen LogP contribution in [-0.4, -0.2) is 28.0 Å². The lowest BCUT2D eigenvalue weighted by molar-refractivity contribution is -0.117. The minimum atomic E-state index is -4.26. The molecule has 0 atom stereocenters. The average molecular weight is 382 g/mol. The number of hydrogen-bond donors (Lipinski definition) is 1. The Morgan fingerprint density at radius 3 is 2.54 bits per heavy atom. The standard InChI is InChI=1S/C17H16F2N2O4S/c1-25-15-10-12(5-6-14(15)21-8-2-3-17(21)22)20-26(23,24)16-7-4-11(18)9-13(16)19/h4-7,9-10,20H,2-3,8H2,1H3. The maximum Gasteiger partial charge on any atom is 0.264 e. The molecule has 9 heteroatoms. The number of amides is 1. The Morgan fingerprint density at radius 2 is 1.92 bits per heavy atom. The predicted molar refractivity (Wildman–Crippen MR) is 91.7 cm³/mol. The van der Waals surface area contributed by atoms with Crippen LogP contribution in [0.15, 0.2) is 41.3 Å². The van der Waals surface area contributed by atoms with Gasteiger partial charge in [0.2, 0.25) is 5.91 Å². The Morgan fingerprint density at radius 1 is 1.15 bits per heavy atom. The van der Waals surface area contributed by atoms with Crippen molar-refractivity contribution in [3.8, 4) is 5.75 Å². The molecule has 6 nitrogen and oxygen atoms in total. The number of benzene rings is 2. The highest BCUT2D eigenvalue weighted by Crippen LogP contribution is 2.34. The van der Waals surface area contributed by atoms with Gasteiger partial charge in [0.1, 0.15) is 22.3 Å². The van der Waals surface area contributed by atoms with Crippen molar-refractivity contribution in [3.63, 3.8) is 0 Å². The lowest BCUT2D eigenvalue weighted by atomic mass is 10.2.